The van der Waals surface area contributed by atoms with Crippen LogP contribution in [0.2, 0.25) is 0 Å². The van der Waals surface area contributed by atoms with E-state index < -0.39 is 0 Å². The first-order chi connectivity index (χ1) is 27.8. The normalized spacial score (nSPS) is 16.6. The van der Waals surface area contributed by atoms with Gasteiger partial charge in [-0.3, -0.25) is 0 Å². The molecule has 8 aromatic carbocycles. The molecule has 0 heterocycles. The van der Waals surface area contributed by atoms with Crippen molar-refractivity contribution in [2.24, 2.45) is 5.92 Å². The van der Waals surface area contributed by atoms with E-state index in [9.17, 15) is 0 Å². The smallest absolute Gasteiger partial charge is 0.0529 e. The summed E-state index contributed by atoms with van der Waals surface area (Å²) in [4.78, 5) is 2.42. The van der Waals surface area contributed by atoms with E-state index in [1.165, 1.54) is 61.2 Å². The van der Waals surface area contributed by atoms with Crippen molar-refractivity contribution in [3.8, 4) is 44.5 Å². The second-order valence-electron chi connectivity index (χ2n) is 14.8. The molecular formula is C55H41N. The summed E-state index contributed by atoms with van der Waals surface area (Å²) >= 11 is 0. The standard InChI is InChI=1S/C55H41N/c1-5-15-40(16-6-1)42-25-27-43(28-26-42)45-31-35-49(36-32-45)56(48-33-29-44(30-34-48)41-17-7-2-8-18-41)50-37-38-52-51-23-13-14-24-53(51)55(54(52)39-50,46-19-9-3-10-20-46)47-21-11-4-12-22-47/h1-21,23-39,47H,22H2. The number of hydrogen-bond donors (Lipinski definition) is 0. The molecule has 0 bridgehead atoms. The Morgan fingerprint density at radius 3 is 1.36 bits per heavy atom. The molecule has 0 saturated heterocycles. The molecule has 0 fully saturated rings. The van der Waals surface area contributed by atoms with E-state index >= 15 is 0 Å². The van der Waals surface area contributed by atoms with Crippen LogP contribution in [0.5, 0.6) is 0 Å². The van der Waals surface area contributed by atoms with Crippen molar-refractivity contribution in [3.05, 3.63) is 247 Å². The summed E-state index contributed by atoms with van der Waals surface area (Å²) in [5.41, 5.74) is 17.0. The Hall–Kier alpha value is -6.96. The molecule has 56 heavy (non-hydrogen) atoms. The molecule has 2 aliphatic carbocycles. The fraction of sp³-hybridized carbons (Fsp3) is 0.0545. The van der Waals surface area contributed by atoms with Crippen molar-refractivity contribution < 1.29 is 0 Å². The zero-order chi connectivity index (χ0) is 37.3. The third-order valence-corrected chi connectivity index (χ3v) is 11.8. The molecule has 0 saturated carbocycles. The molecule has 2 aliphatic rings. The second kappa shape index (κ2) is 14.4. The molecule has 0 radical (unpaired) electrons. The van der Waals surface area contributed by atoms with Gasteiger partial charge in [0.25, 0.3) is 0 Å². The summed E-state index contributed by atoms with van der Waals surface area (Å²) in [5, 5.41) is 0. The van der Waals surface area contributed by atoms with E-state index in [0.717, 1.165) is 23.5 Å². The van der Waals surface area contributed by atoms with Crippen molar-refractivity contribution in [3.63, 3.8) is 0 Å². The number of rotatable bonds is 8. The summed E-state index contributed by atoms with van der Waals surface area (Å²) in [6, 6.07) is 75.6. The maximum Gasteiger partial charge on any atom is 0.0529 e. The lowest BCUT2D eigenvalue weighted by atomic mass is 9.62. The van der Waals surface area contributed by atoms with Crippen molar-refractivity contribution in [1.29, 1.82) is 0 Å². The molecule has 1 heteroatoms. The number of benzene rings is 8. The highest BCUT2D eigenvalue weighted by Gasteiger charge is 2.49. The number of allylic oxidation sites excluding steroid dienone is 4. The van der Waals surface area contributed by atoms with Crippen LogP contribution in [0.3, 0.4) is 0 Å². The first-order valence-corrected chi connectivity index (χ1v) is 19.6. The highest BCUT2D eigenvalue weighted by atomic mass is 15.1. The van der Waals surface area contributed by atoms with E-state index in [-0.39, 0.29) is 11.3 Å². The van der Waals surface area contributed by atoms with Crippen LogP contribution >= 0.6 is 0 Å². The summed E-state index contributed by atoms with van der Waals surface area (Å²) in [5.74, 6) is 0.263. The minimum absolute atomic E-state index is 0.263. The molecule has 0 spiro atoms. The van der Waals surface area contributed by atoms with Gasteiger partial charge in [0.05, 0.1) is 5.41 Å². The summed E-state index contributed by atoms with van der Waals surface area (Å²) < 4.78 is 0. The lowest BCUT2D eigenvalue weighted by Gasteiger charge is -2.40. The molecule has 2 atom stereocenters. The van der Waals surface area contributed by atoms with Crippen LogP contribution in [0, 0.1) is 5.92 Å². The van der Waals surface area contributed by atoms with Crippen molar-refractivity contribution in [2.75, 3.05) is 4.90 Å². The molecule has 8 aromatic rings. The third-order valence-electron chi connectivity index (χ3n) is 11.8. The molecule has 2 unspecified atom stereocenters. The minimum Gasteiger partial charge on any atom is -0.310 e. The van der Waals surface area contributed by atoms with E-state index in [1.54, 1.807) is 0 Å². The first-order valence-electron chi connectivity index (χ1n) is 19.6. The van der Waals surface area contributed by atoms with Crippen molar-refractivity contribution >= 4 is 17.1 Å². The van der Waals surface area contributed by atoms with Gasteiger partial charge in [-0.25, -0.2) is 0 Å². The Balaban J connectivity index is 1.11. The molecule has 0 aliphatic heterocycles. The maximum atomic E-state index is 2.48. The lowest BCUT2D eigenvalue weighted by molar-refractivity contribution is 0.457. The predicted molar refractivity (Wildman–Crippen MR) is 236 cm³/mol. The minimum atomic E-state index is -0.344. The van der Waals surface area contributed by atoms with Crippen LogP contribution in [0.25, 0.3) is 44.5 Å². The summed E-state index contributed by atoms with van der Waals surface area (Å²) in [6.45, 7) is 0. The van der Waals surface area contributed by atoms with Crippen molar-refractivity contribution in [2.45, 2.75) is 11.8 Å². The molecule has 0 aromatic heterocycles. The predicted octanol–water partition coefficient (Wildman–Crippen LogP) is 14.6. The summed E-state index contributed by atoms with van der Waals surface area (Å²) in [6.07, 6.45) is 10.2. The van der Waals surface area contributed by atoms with E-state index in [0.29, 0.717) is 0 Å². The second-order valence-corrected chi connectivity index (χ2v) is 14.8. The SMILES string of the molecule is C1=CCC(C2(c3ccccc3)c3ccccc3-c3ccc(N(c4ccc(-c5ccccc5)cc4)c4ccc(-c5ccc(-c6ccccc6)cc5)cc4)cc32)C=C1. The quantitative estimate of drug-likeness (QED) is 0.151. The third kappa shape index (κ3) is 5.81. The van der Waals surface area contributed by atoms with Crippen LogP contribution in [0.4, 0.5) is 17.1 Å². The van der Waals surface area contributed by atoms with E-state index in [1.807, 2.05) is 0 Å². The van der Waals surface area contributed by atoms with Crippen LogP contribution in [-0.2, 0) is 5.41 Å². The van der Waals surface area contributed by atoms with Gasteiger partial charge >= 0.3 is 0 Å². The Bertz CT molecular complexity index is 2670. The van der Waals surface area contributed by atoms with E-state index in [4.69, 9.17) is 0 Å². The number of fused-ring (bicyclic) bond motifs is 3. The number of nitrogens with zero attached hydrogens (tertiary/aromatic N) is 1. The Kier molecular flexibility index (Phi) is 8.61. The topological polar surface area (TPSA) is 3.24 Å². The van der Waals surface area contributed by atoms with Gasteiger partial charge in [0.2, 0.25) is 0 Å². The van der Waals surface area contributed by atoms with Gasteiger partial charge in [0.1, 0.15) is 0 Å². The molecule has 0 amide bonds. The average molecular weight is 716 g/mol. The van der Waals surface area contributed by atoms with Gasteiger partial charge in [0, 0.05) is 17.1 Å². The summed E-state index contributed by atoms with van der Waals surface area (Å²) in [7, 11) is 0. The zero-order valence-electron chi connectivity index (χ0n) is 31.2. The van der Waals surface area contributed by atoms with Gasteiger partial charge < -0.3 is 4.90 Å². The Morgan fingerprint density at radius 2 is 0.821 bits per heavy atom. The maximum absolute atomic E-state index is 2.48. The number of hydrogen-bond acceptors (Lipinski definition) is 1. The molecular weight excluding hydrogens is 675 g/mol. The van der Waals surface area contributed by atoms with Crippen LogP contribution in [-0.4, -0.2) is 0 Å². The van der Waals surface area contributed by atoms with Gasteiger partial charge in [0.15, 0.2) is 0 Å². The van der Waals surface area contributed by atoms with Crippen molar-refractivity contribution in [1.82, 2.24) is 0 Å². The lowest BCUT2D eigenvalue weighted by Crippen LogP contribution is -2.35. The fourth-order valence-corrected chi connectivity index (χ4v) is 9.14. The highest BCUT2D eigenvalue weighted by Crippen LogP contribution is 2.59. The largest absolute Gasteiger partial charge is 0.310 e. The first kappa shape index (κ1) is 33.6. The Morgan fingerprint density at radius 1 is 0.375 bits per heavy atom. The zero-order valence-corrected chi connectivity index (χ0v) is 31.2. The van der Waals surface area contributed by atoms with Gasteiger partial charge in [-0.05, 0) is 110 Å². The molecule has 266 valence electrons. The Labute approximate surface area is 330 Å². The fourth-order valence-electron chi connectivity index (χ4n) is 9.14. The molecule has 1 nitrogen and oxygen atoms in total. The highest BCUT2D eigenvalue weighted by molar-refractivity contribution is 5.88. The number of anilines is 3. The molecule has 0 N–H and O–H groups in total. The van der Waals surface area contributed by atoms with Crippen LogP contribution in [0.1, 0.15) is 23.1 Å². The van der Waals surface area contributed by atoms with Gasteiger partial charge in [-0.1, -0.05) is 194 Å². The monoisotopic (exact) mass is 715 g/mol. The van der Waals surface area contributed by atoms with Gasteiger partial charge in [-0.2, -0.15) is 0 Å². The van der Waals surface area contributed by atoms with Crippen LogP contribution in [0.15, 0.2) is 231 Å². The molecule has 10 rings (SSSR count). The van der Waals surface area contributed by atoms with Crippen LogP contribution < -0.4 is 4.90 Å². The van der Waals surface area contributed by atoms with Gasteiger partial charge in [-0.15, -0.1) is 0 Å². The average Bonchev–Trinajstić information content (AvgIpc) is 3.59. The van der Waals surface area contributed by atoms with E-state index in [2.05, 4.69) is 235 Å².